The second-order valence-corrected chi connectivity index (χ2v) is 5.35. The summed E-state index contributed by atoms with van der Waals surface area (Å²) >= 11 is 0. The molecule has 0 aromatic heterocycles. The molecule has 1 aromatic carbocycles. The van der Waals surface area contributed by atoms with E-state index in [4.69, 9.17) is 10.5 Å². The second-order valence-electron chi connectivity index (χ2n) is 5.35. The van der Waals surface area contributed by atoms with Crippen LogP contribution in [0.25, 0.3) is 0 Å². The van der Waals surface area contributed by atoms with Gasteiger partial charge in [0.2, 0.25) is 0 Å². The fraction of sp³-hybridized carbons (Fsp3) is 0.600. The molecule has 2 atom stereocenters. The van der Waals surface area contributed by atoms with E-state index < -0.39 is 0 Å². The Morgan fingerprint density at radius 1 is 1.29 bits per heavy atom. The first-order valence-corrected chi connectivity index (χ1v) is 6.66. The molecule has 0 saturated heterocycles. The fourth-order valence-electron chi connectivity index (χ4n) is 2.59. The predicted octanol–water partition coefficient (Wildman–Crippen LogP) is 3.32. The highest BCUT2D eigenvalue weighted by Crippen LogP contribution is 2.32. The third kappa shape index (κ3) is 3.01. The lowest BCUT2D eigenvalue weighted by atomic mass is 10.0. The minimum atomic E-state index is 0.364. The van der Waals surface area contributed by atoms with Gasteiger partial charge in [0.05, 0.1) is 6.10 Å². The molecule has 1 aliphatic carbocycles. The Balaban J connectivity index is 2.04. The van der Waals surface area contributed by atoms with Gasteiger partial charge in [-0.2, -0.15) is 0 Å². The van der Waals surface area contributed by atoms with Gasteiger partial charge in [0, 0.05) is 0 Å². The summed E-state index contributed by atoms with van der Waals surface area (Å²) in [5.74, 6) is 2.23. The van der Waals surface area contributed by atoms with E-state index in [9.17, 15) is 0 Å². The average Bonchev–Trinajstić information content (AvgIpc) is 2.77. The number of ether oxygens (including phenoxy) is 1. The van der Waals surface area contributed by atoms with Crippen LogP contribution in [0.3, 0.4) is 0 Å². The smallest absolute Gasteiger partial charge is 0.123 e. The molecule has 2 rings (SSSR count). The zero-order valence-electron chi connectivity index (χ0n) is 10.9. The van der Waals surface area contributed by atoms with Crippen LogP contribution >= 0.6 is 0 Å². The summed E-state index contributed by atoms with van der Waals surface area (Å²) in [6.07, 6.45) is 3.84. The predicted molar refractivity (Wildman–Crippen MR) is 71.3 cm³/mol. The molecule has 1 fully saturated rings. The molecule has 0 bridgehead atoms. The van der Waals surface area contributed by atoms with E-state index in [2.05, 4.69) is 38.1 Å². The lowest BCUT2D eigenvalue weighted by Crippen LogP contribution is -2.16. The molecule has 0 spiro atoms. The number of hydrogen-bond donors (Lipinski definition) is 1. The minimum Gasteiger partial charge on any atom is -0.490 e. The molecule has 94 valence electrons. The van der Waals surface area contributed by atoms with Crippen molar-refractivity contribution in [2.45, 2.75) is 45.1 Å². The maximum absolute atomic E-state index is 6.14. The maximum atomic E-state index is 6.14. The number of nitrogens with two attached hydrogens (primary N) is 1. The summed E-state index contributed by atoms with van der Waals surface area (Å²) in [5.41, 5.74) is 7.02. The monoisotopic (exact) mass is 233 g/mol. The van der Waals surface area contributed by atoms with Gasteiger partial charge in [-0.05, 0) is 49.3 Å². The third-order valence-electron chi connectivity index (χ3n) is 3.66. The van der Waals surface area contributed by atoms with Crippen molar-refractivity contribution in [1.82, 2.24) is 0 Å². The van der Waals surface area contributed by atoms with Crippen molar-refractivity contribution < 1.29 is 4.74 Å². The van der Waals surface area contributed by atoms with Crippen molar-refractivity contribution >= 4 is 0 Å². The molecule has 1 saturated carbocycles. The van der Waals surface area contributed by atoms with E-state index in [0.29, 0.717) is 17.9 Å². The minimum absolute atomic E-state index is 0.364. The normalized spacial score (nSPS) is 24.2. The first kappa shape index (κ1) is 12.4. The first-order chi connectivity index (χ1) is 8.20. The second kappa shape index (κ2) is 5.54. The zero-order chi connectivity index (χ0) is 12.3. The van der Waals surface area contributed by atoms with Crippen molar-refractivity contribution in [3.63, 3.8) is 0 Å². The van der Waals surface area contributed by atoms with Gasteiger partial charge >= 0.3 is 0 Å². The van der Waals surface area contributed by atoms with Crippen molar-refractivity contribution in [3.8, 4) is 5.75 Å². The Kier molecular flexibility index (Phi) is 4.06. The van der Waals surface area contributed by atoms with E-state index in [0.717, 1.165) is 25.1 Å². The first-order valence-electron chi connectivity index (χ1n) is 6.66. The van der Waals surface area contributed by atoms with E-state index in [1.165, 1.54) is 12.0 Å². The molecule has 0 aliphatic heterocycles. The molecule has 0 heterocycles. The van der Waals surface area contributed by atoms with Crippen LogP contribution in [0.15, 0.2) is 24.3 Å². The van der Waals surface area contributed by atoms with E-state index in [-0.39, 0.29) is 0 Å². The number of hydrogen-bond acceptors (Lipinski definition) is 2. The Morgan fingerprint density at radius 2 is 2.06 bits per heavy atom. The highest BCUT2D eigenvalue weighted by Gasteiger charge is 2.25. The summed E-state index contributed by atoms with van der Waals surface area (Å²) in [6, 6.07) is 8.39. The summed E-state index contributed by atoms with van der Waals surface area (Å²) in [7, 11) is 0. The fourth-order valence-corrected chi connectivity index (χ4v) is 2.59. The standard InChI is InChI=1S/C15H23NO/c1-11(2)14-5-3-4-6-15(14)17-13-8-7-12(9-13)10-16/h3-6,11-13H,7-10,16H2,1-2H3. The Bertz CT molecular complexity index is 362. The molecule has 17 heavy (non-hydrogen) atoms. The summed E-state index contributed by atoms with van der Waals surface area (Å²) in [4.78, 5) is 0. The molecule has 1 aromatic rings. The van der Waals surface area contributed by atoms with Gasteiger partial charge in [-0.15, -0.1) is 0 Å². The molecule has 1 aliphatic rings. The molecule has 2 nitrogen and oxygen atoms in total. The van der Waals surface area contributed by atoms with Gasteiger partial charge in [-0.25, -0.2) is 0 Å². The van der Waals surface area contributed by atoms with Gasteiger partial charge in [-0.1, -0.05) is 32.0 Å². The Labute approximate surface area is 104 Å². The van der Waals surface area contributed by atoms with Gasteiger partial charge in [0.15, 0.2) is 0 Å². The molecule has 0 amide bonds. The van der Waals surface area contributed by atoms with Gasteiger partial charge in [0.1, 0.15) is 5.75 Å². The van der Waals surface area contributed by atoms with E-state index >= 15 is 0 Å². The molecule has 0 radical (unpaired) electrons. The quantitative estimate of drug-likeness (QED) is 0.866. The molecule has 2 N–H and O–H groups in total. The SMILES string of the molecule is CC(C)c1ccccc1OC1CCC(CN)C1. The highest BCUT2D eigenvalue weighted by atomic mass is 16.5. The largest absolute Gasteiger partial charge is 0.490 e. The van der Waals surface area contributed by atoms with Crippen LogP contribution in [0.2, 0.25) is 0 Å². The van der Waals surface area contributed by atoms with Crippen LogP contribution in [0.5, 0.6) is 5.75 Å². The van der Waals surface area contributed by atoms with Crippen LogP contribution < -0.4 is 10.5 Å². The van der Waals surface area contributed by atoms with Gasteiger partial charge in [-0.3, -0.25) is 0 Å². The Hall–Kier alpha value is -1.02. The van der Waals surface area contributed by atoms with Gasteiger partial charge in [0.25, 0.3) is 0 Å². The van der Waals surface area contributed by atoms with Crippen LogP contribution in [-0.2, 0) is 0 Å². The number of benzene rings is 1. The third-order valence-corrected chi connectivity index (χ3v) is 3.66. The highest BCUT2D eigenvalue weighted by molar-refractivity contribution is 5.35. The van der Waals surface area contributed by atoms with E-state index in [1.54, 1.807) is 0 Å². The Morgan fingerprint density at radius 3 is 2.71 bits per heavy atom. The lowest BCUT2D eigenvalue weighted by Gasteiger charge is -2.18. The lowest BCUT2D eigenvalue weighted by molar-refractivity contribution is 0.202. The van der Waals surface area contributed by atoms with Crippen LogP contribution in [-0.4, -0.2) is 12.6 Å². The summed E-state index contributed by atoms with van der Waals surface area (Å²) in [6.45, 7) is 5.21. The topological polar surface area (TPSA) is 35.2 Å². The number of rotatable bonds is 4. The number of para-hydroxylation sites is 1. The molecular formula is C15H23NO. The van der Waals surface area contributed by atoms with Gasteiger partial charge < -0.3 is 10.5 Å². The average molecular weight is 233 g/mol. The zero-order valence-corrected chi connectivity index (χ0v) is 10.9. The van der Waals surface area contributed by atoms with Crippen LogP contribution in [0.1, 0.15) is 44.6 Å². The summed E-state index contributed by atoms with van der Waals surface area (Å²) < 4.78 is 6.14. The maximum Gasteiger partial charge on any atom is 0.123 e. The van der Waals surface area contributed by atoms with Crippen molar-refractivity contribution in [2.75, 3.05) is 6.54 Å². The molecule has 2 heteroatoms. The van der Waals surface area contributed by atoms with Crippen LogP contribution in [0.4, 0.5) is 0 Å². The van der Waals surface area contributed by atoms with Crippen LogP contribution in [0, 0.1) is 5.92 Å². The molecular weight excluding hydrogens is 210 g/mol. The van der Waals surface area contributed by atoms with E-state index in [1.807, 2.05) is 0 Å². The molecule has 2 unspecified atom stereocenters. The van der Waals surface area contributed by atoms with Crippen molar-refractivity contribution in [2.24, 2.45) is 11.7 Å². The van der Waals surface area contributed by atoms with Crippen molar-refractivity contribution in [3.05, 3.63) is 29.8 Å². The summed E-state index contributed by atoms with van der Waals surface area (Å²) in [5, 5.41) is 0. The van der Waals surface area contributed by atoms with Crippen molar-refractivity contribution in [1.29, 1.82) is 0 Å².